The maximum absolute atomic E-state index is 6.68. The number of fused-ring (bicyclic) bond motifs is 9. The van der Waals surface area contributed by atoms with E-state index in [1.54, 1.807) is 0 Å². The fourth-order valence-electron chi connectivity index (χ4n) is 10.5. The number of benzene rings is 10. The van der Waals surface area contributed by atoms with E-state index in [2.05, 4.69) is 229 Å². The number of furan rings is 2. The summed E-state index contributed by atoms with van der Waals surface area (Å²) in [7, 11) is 0. The van der Waals surface area contributed by atoms with Crippen molar-refractivity contribution in [2.45, 2.75) is 5.41 Å². The number of nitrogens with zero attached hydrogens (tertiary/aromatic N) is 1. The quantitative estimate of drug-likeness (QED) is 0.160. The van der Waals surface area contributed by atoms with Gasteiger partial charge in [0.25, 0.3) is 0 Å². The van der Waals surface area contributed by atoms with E-state index < -0.39 is 5.41 Å². The molecule has 300 valence electrons. The van der Waals surface area contributed by atoms with E-state index in [1.807, 2.05) is 12.1 Å². The minimum atomic E-state index is -0.622. The molecule has 0 saturated carbocycles. The summed E-state index contributed by atoms with van der Waals surface area (Å²) in [5.41, 5.74) is 18.0. The van der Waals surface area contributed by atoms with E-state index in [-0.39, 0.29) is 0 Å². The zero-order valence-electron chi connectivity index (χ0n) is 34.8. The van der Waals surface area contributed by atoms with E-state index >= 15 is 0 Å². The molecule has 0 fully saturated rings. The van der Waals surface area contributed by atoms with Crippen molar-refractivity contribution in [1.82, 2.24) is 0 Å². The van der Waals surface area contributed by atoms with Gasteiger partial charge in [-0.3, -0.25) is 0 Å². The second-order valence-corrected chi connectivity index (χ2v) is 16.8. The molecule has 0 radical (unpaired) electrons. The summed E-state index contributed by atoms with van der Waals surface area (Å²) in [5.74, 6) is 0. The molecule has 1 aliphatic rings. The molecule has 0 spiro atoms. The van der Waals surface area contributed by atoms with E-state index in [9.17, 15) is 0 Å². The molecule has 0 saturated heterocycles. The fraction of sp³-hybridized carbons (Fsp3) is 0.0164. The number of para-hydroxylation sites is 1. The second kappa shape index (κ2) is 14.3. The molecule has 3 nitrogen and oxygen atoms in total. The Kier molecular flexibility index (Phi) is 8.13. The molecule has 10 aromatic carbocycles. The Balaban J connectivity index is 1.09. The highest BCUT2D eigenvalue weighted by Gasteiger charge is 2.46. The fourth-order valence-corrected chi connectivity index (χ4v) is 10.5. The average molecular weight is 818 g/mol. The van der Waals surface area contributed by atoms with Crippen LogP contribution in [0.3, 0.4) is 0 Å². The first kappa shape index (κ1) is 36.3. The largest absolute Gasteiger partial charge is 0.456 e. The highest BCUT2D eigenvalue weighted by molar-refractivity contribution is 6.15. The highest BCUT2D eigenvalue weighted by Crippen LogP contribution is 2.57. The van der Waals surface area contributed by atoms with Crippen LogP contribution in [0.2, 0.25) is 0 Å². The molecule has 1 aliphatic carbocycles. The Morgan fingerprint density at radius 2 is 0.844 bits per heavy atom. The molecule has 12 aromatic rings. The second-order valence-electron chi connectivity index (χ2n) is 16.8. The van der Waals surface area contributed by atoms with Crippen LogP contribution in [0, 0.1) is 0 Å². The Labute approximate surface area is 370 Å². The molecule has 0 unspecified atom stereocenters. The van der Waals surface area contributed by atoms with Crippen molar-refractivity contribution in [3.8, 4) is 33.4 Å². The van der Waals surface area contributed by atoms with Gasteiger partial charge in [0.2, 0.25) is 0 Å². The smallest absolute Gasteiger partial charge is 0.137 e. The third-order valence-electron chi connectivity index (χ3n) is 13.3. The van der Waals surface area contributed by atoms with Gasteiger partial charge in [0, 0.05) is 27.5 Å². The van der Waals surface area contributed by atoms with Crippen molar-refractivity contribution in [2.24, 2.45) is 0 Å². The third-order valence-corrected chi connectivity index (χ3v) is 13.3. The van der Waals surface area contributed by atoms with E-state index in [4.69, 9.17) is 8.83 Å². The summed E-state index contributed by atoms with van der Waals surface area (Å²) in [6, 6.07) is 85.5. The molecule has 2 heterocycles. The number of anilines is 3. The van der Waals surface area contributed by atoms with Gasteiger partial charge in [-0.25, -0.2) is 0 Å². The minimum Gasteiger partial charge on any atom is -0.456 e. The van der Waals surface area contributed by atoms with Gasteiger partial charge < -0.3 is 13.7 Å². The van der Waals surface area contributed by atoms with Crippen molar-refractivity contribution in [2.75, 3.05) is 4.90 Å². The molecule has 2 aromatic heterocycles. The Morgan fingerprint density at radius 1 is 0.312 bits per heavy atom. The van der Waals surface area contributed by atoms with Gasteiger partial charge in [-0.15, -0.1) is 0 Å². The number of hydrogen-bond donors (Lipinski definition) is 0. The third kappa shape index (κ3) is 5.47. The SMILES string of the molecule is c1ccc(-c2cccc(C3(c4cccc(N(c5ccc6oc7ccccc7c6c5)c5cccc6oc7ccc(-c8ccccc8)cc7c56)c4)c4ccccc4-c4ccccc43)c2)cc1. The molecule has 0 amide bonds. The van der Waals surface area contributed by atoms with Crippen LogP contribution in [0.25, 0.3) is 77.3 Å². The topological polar surface area (TPSA) is 29.5 Å². The van der Waals surface area contributed by atoms with Gasteiger partial charge in [-0.1, -0.05) is 170 Å². The van der Waals surface area contributed by atoms with Gasteiger partial charge in [-0.2, -0.15) is 0 Å². The van der Waals surface area contributed by atoms with Gasteiger partial charge in [0.1, 0.15) is 22.3 Å². The zero-order chi connectivity index (χ0) is 42.2. The maximum atomic E-state index is 6.68. The van der Waals surface area contributed by atoms with Crippen LogP contribution in [0.1, 0.15) is 22.3 Å². The van der Waals surface area contributed by atoms with Gasteiger partial charge in [0.15, 0.2) is 0 Å². The van der Waals surface area contributed by atoms with Crippen molar-refractivity contribution in [3.05, 3.63) is 259 Å². The summed E-state index contributed by atoms with van der Waals surface area (Å²) in [6.07, 6.45) is 0. The predicted molar refractivity (Wildman–Crippen MR) is 264 cm³/mol. The monoisotopic (exact) mass is 817 g/mol. The standard InChI is InChI=1S/C61H39NO2/c1-3-16-40(17-4-1)42-20-13-21-44(36-42)61(53-27-10-7-24-48(53)49-25-8-11-28-54(49)61)45-22-14-23-46(38-45)62(47-33-35-57-51(39-47)50-26-9-12-30-56(50)63-57)55-29-15-31-59-60(55)52-37-43(32-34-58(52)64-59)41-18-5-2-6-19-41/h1-39H. The lowest BCUT2D eigenvalue weighted by Gasteiger charge is -2.35. The predicted octanol–water partition coefficient (Wildman–Crippen LogP) is 16.7. The van der Waals surface area contributed by atoms with Crippen molar-refractivity contribution in [1.29, 1.82) is 0 Å². The first-order valence-electron chi connectivity index (χ1n) is 21.9. The summed E-state index contributed by atoms with van der Waals surface area (Å²) in [4.78, 5) is 2.41. The first-order chi connectivity index (χ1) is 31.7. The molecular formula is C61H39NO2. The lowest BCUT2D eigenvalue weighted by molar-refractivity contribution is 0.668. The molecular weight excluding hydrogens is 779 g/mol. The molecule has 0 bridgehead atoms. The van der Waals surface area contributed by atoms with E-state index in [0.717, 1.165) is 72.1 Å². The van der Waals surface area contributed by atoms with Crippen LogP contribution in [0.15, 0.2) is 245 Å². The summed E-state index contributed by atoms with van der Waals surface area (Å²) >= 11 is 0. The van der Waals surface area contributed by atoms with Crippen LogP contribution in [0.5, 0.6) is 0 Å². The average Bonchev–Trinajstić information content (AvgIpc) is 4.03. The highest BCUT2D eigenvalue weighted by atomic mass is 16.3. The van der Waals surface area contributed by atoms with Gasteiger partial charge in [0.05, 0.1) is 16.5 Å². The minimum absolute atomic E-state index is 0.622. The van der Waals surface area contributed by atoms with Crippen LogP contribution in [-0.2, 0) is 5.41 Å². The summed E-state index contributed by atoms with van der Waals surface area (Å²) < 4.78 is 13.1. The zero-order valence-corrected chi connectivity index (χ0v) is 34.8. The van der Waals surface area contributed by atoms with E-state index in [1.165, 1.54) is 44.5 Å². The molecule has 64 heavy (non-hydrogen) atoms. The number of hydrogen-bond acceptors (Lipinski definition) is 3. The summed E-state index contributed by atoms with van der Waals surface area (Å²) in [6.45, 7) is 0. The normalized spacial score (nSPS) is 12.8. The van der Waals surface area contributed by atoms with Gasteiger partial charge >= 0.3 is 0 Å². The molecule has 0 atom stereocenters. The molecule has 3 heteroatoms. The first-order valence-corrected chi connectivity index (χ1v) is 21.9. The lowest BCUT2D eigenvalue weighted by atomic mass is 9.67. The van der Waals surface area contributed by atoms with Crippen molar-refractivity contribution >= 4 is 60.9 Å². The Hall–Kier alpha value is -8.40. The lowest BCUT2D eigenvalue weighted by Crippen LogP contribution is -2.29. The maximum Gasteiger partial charge on any atom is 0.137 e. The number of rotatable bonds is 7. The van der Waals surface area contributed by atoms with Crippen molar-refractivity contribution in [3.63, 3.8) is 0 Å². The van der Waals surface area contributed by atoms with Crippen LogP contribution < -0.4 is 4.90 Å². The van der Waals surface area contributed by atoms with Crippen LogP contribution >= 0.6 is 0 Å². The van der Waals surface area contributed by atoms with E-state index in [0.29, 0.717) is 0 Å². The van der Waals surface area contributed by atoms with Crippen LogP contribution in [0.4, 0.5) is 17.1 Å². The van der Waals surface area contributed by atoms with Crippen molar-refractivity contribution < 1.29 is 8.83 Å². The van der Waals surface area contributed by atoms with Gasteiger partial charge in [-0.05, 0) is 122 Å². The molecule has 13 rings (SSSR count). The molecule has 0 N–H and O–H groups in total. The molecule has 0 aliphatic heterocycles. The van der Waals surface area contributed by atoms with Crippen LogP contribution in [-0.4, -0.2) is 0 Å². The Morgan fingerprint density at radius 3 is 1.61 bits per heavy atom. The Bertz CT molecular complexity index is 3700. The summed E-state index contributed by atoms with van der Waals surface area (Å²) in [5, 5.41) is 4.28.